The van der Waals surface area contributed by atoms with Gasteiger partial charge in [0.05, 0.1) is 5.56 Å². The minimum Gasteiger partial charge on any atom is -0.317 e. The van der Waals surface area contributed by atoms with Crippen LogP contribution in [0.3, 0.4) is 0 Å². The first-order valence-corrected chi connectivity index (χ1v) is 10.5. The van der Waals surface area contributed by atoms with Gasteiger partial charge in [-0.15, -0.1) is 23.1 Å². The summed E-state index contributed by atoms with van der Waals surface area (Å²) in [5.74, 6) is 1.30. The summed E-state index contributed by atoms with van der Waals surface area (Å²) in [7, 11) is 0. The highest BCUT2D eigenvalue weighted by atomic mass is 35.5. The fraction of sp³-hybridized carbons (Fsp3) is 0.368. The fourth-order valence-electron chi connectivity index (χ4n) is 2.94. The van der Waals surface area contributed by atoms with Crippen molar-refractivity contribution in [3.63, 3.8) is 0 Å². The molecule has 1 atom stereocenters. The molecule has 1 amide bonds. The van der Waals surface area contributed by atoms with Gasteiger partial charge >= 0.3 is 0 Å². The molecule has 0 aliphatic heterocycles. The molecule has 130 valence electrons. The van der Waals surface area contributed by atoms with Crippen LogP contribution in [0.2, 0.25) is 5.02 Å². The van der Waals surface area contributed by atoms with E-state index in [4.69, 9.17) is 11.6 Å². The largest absolute Gasteiger partial charge is 0.317 e. The van der Waals surface area contributed by atoms with Gasteiger partial charge in [0.25, 0.3) is 0 Å². The summed E-state index contributed by atoms with van der Waals surface area (Å²) in [5.41, 5.74) is 1.82. The molecule has 25 heavy (non-hydrogen) atoms. The van der Waals surface area contributed by atoms with Crippen molar-refractivity contribution < 1.29 is 4.79 Å². The van der Waals surface area contributed by atoms with Crippen molar-refractivity contribution >= 4 is 45.6 Å². The molecule has 0 bridgehead atoms. The number of fused-ring (bicyclic) bond motifs is 1. The molecule has 3 nitrogen and oxygen atoms in total. The van der Waals surface area contributed by atoms with E-state index in [-0.39, 0.29) is 5.91 Å². The zero-order valence-corrected chi connectivity index (χ0v) is 16.4. The van der Waals surface area contributed by atoms with Crippen molar-refractivity contribution in [3.05, 3.63) is 45.3 Å². The van der Waals surface area contributed by atoms with Crippen LogP contribution >= 0.6 is 34.7 Å². The summed E-state index contributed by atoms with van der Waals surface area (Å²) in [6, 6.07) is 9.89. The third-order valence-corrected chi connectivity index (χ3v) is 6.72. The van der Waals surface area contributed by atoms with Crippen molar-refractivity contribution in [1.82, 2.24) is 0 Å². The smallest absolute Gasteiger partial charge is 0.225 e. The van der Waals surface area contributed by atoms with Gasteiger partial charge in [0.2, 0.25) is 5.91 Å². The molecule has 0 saturated carbocycles. The van der Waals surface area contributed by atoms with E-state index in [1.165, 1.54) is 4.88 Å². The van der Waals surface area contributed by atoms with E-state index in [9.17, 15) is 10.1 Å². The van der Waals surface area contributed by atoms with Gasteiger partial charge < -0.3 is 5.32 Å². The number of nitrogens with zero attached hydrogens (tertiary/aromatic N) is 1. The zero-order chi connectivity index (χ0) is 17.8. The Balaban J connectivity index is 1.58. The monoisotopic (exact) mass is 390 g/mol. The Morgan fingerprint density at radius 1 is 1.44 bits per heavy atom. The molecule has 1 aliphatic carbocycles. The first-order chi connectivity index (χ1) is 12.1. The summed E-state index contributed by atoms with van der Waals surface area (Å²) in [5, 5.41) is 13.9. The number of benzene rings is 1. The number of thiophene rings is 1. The van der Waals surface area contributed by atoms with E-state index < -0.39 is 0 Å². The molecule has 0 radical (unpaired) electrons. The maximum Gasteiger partial charge on any atom is 0.225 e. The average Bonchev–Trinajstić information content (AvgIpc) is 2.92. The van der Waals surface area contributed by atoms with Crippen LogP contribution in [0.15, 0.2) is 29.2 Å². The van der Waals surface area contributed by atoms with Gasteiger partial charge in [0, 0.05) is 27.0 Å². The van der Waals surface area contributed by atoms with Crippen molar-refractivity contribution in [2.24, 2.45) is 5.92 Å². The molecule has 2 aromatic rings. The van der Waals surface area contributed by atoms with Crippen LogP contribution in [0.5, 0.6) is 0 Å². The first-order valence-electron chi connectivity index (χ1n) is 8.29. The molecular formula is C19H19ClN2OS2. The van der Waals surface area contributed by atoms with Crippen LogP contribution in [0, 0.1) is 17.2 Å². The maximum atomic E-state index is 12.3. The predicted octanol–water partition coefficient (Wildman–Crippen LogP) is 5.52. The summed E-state index contributed by atoms with van der Waals surface area (Å²) < 4.78 is 0. The number of hydrogen-bond acceptors (Lipinski definition) is 4. The number of hydrogen-bond donors (Lipinski definition) is 1. The molecule has 0 saturated heterocycles. The topological polar surface area (TPSA) is 52.9 Å². The lowest BCUT2D eigenvalue weighted by Gasteiger charge is -2.17. The van der Waals surface area contributed by atoms with Crippen molar-refractivity contribution in [3.8, 4) is 6.07 Å². The number of amides is 1. The van der Waals surface area contributed by atoms with Crippen LogP contribution in [0.25, 0.3) is 0 Å². The summed E-state index contributed by atoms with van der Waals surface area (Å²) in [4.78, 5) is 14.6. The number of anilines is 1. The van der Waals surface area contributed by atoms with Crippen LogP contribution in [0.4, 0.5) is 5.00 Å². The van der Waals surface area contributed by atoms with Crippen molar-refractivity contribution in [2.75, 3.05) is 11.1 Å². The molecule has 1 heterocycles. The Kier molecular flexibility index (Phi) is 6.06. The van der Waals surface area contributed by atoms with Crippen molar-refractivity contribution in [2.45, 2.75) is 37.5 Å². The second-order valence-electron chi connectivity index (χ2n) is 6.27. The Morgan fingerprint density at radius 3 is 2.92 bits per heavy atom. The van der Waals surface area contributed by atoms with E-state index in [1.54, 1.807) is 23.1 Å². The number of nitriles is 1. The van der Waals surface area contributed by atoms with Gasteiger partial charge in [-0.25, -0.2) is 0 Å². The van der Waals surface area contributed by atoms with Crippen LogP contribution in [0.1, 0.15) is 35.8 Å². The van der Waals surface area contributed by atoms with E-state index >= 15 is 0 Å². The Hall–Kier alpha value is -1.48. The van der Waals surface area contributed by atoms with E-state index in [2.05, 4.69) is 18.3 Å². The SMILES string of the molecule is C[C@@H]1CCc2c(sc(NC(=O)CCSc3ccc(Cl)cc3)c2C#N)C1. The Labute approximate surface area is 161 Å². The minimum atomic E-state index is -0.0374. The van der Waals surface area contributed by atoms with E-state index in [0.29, 0.717) is 28.7 Å². The van der Waals surface area contributed by atoms with Gasteiger partial charge in [0.1, 0.15) is 11.1 Å². The van der Waals surface area contributed by atoms with Crippen LogP contribution < -0.4 is 5.32 Å². The molecule has 1 aromatic carbocycles. The lowest BCUT2D eigenvalue weighted by molar-refractivity contribution is -0.115. The van der Waals surface area contributed by atoms with Gasteiger partial charge in [0.15, 0.2) is 0 Å². The molecule has 0 unspecified atom stereocenters. The molecule has 3 rings (SSSR count). The number of rotatable bonds is 5. The van der Waals surface area contributed by atoms with Gasteiger partial charge in [-0.3, -0.25) is 4.79 Å². The van der Waals surface area contributed by atoms with Gasteiger partial charge in [-0.2, -0.15) is 5.26 Å². The molecule has 0 fully saturated rings. The number of thioether (sulfide) groups is 1. The standard InChI is InChI=1S/C19H19ClN2OS2/c1-12-2-7-15-16(11-21)19(25-17(15)10-12)22-18(23)8-9-24-14-5-3-13(20)4-6-14/h3-6,12H,2,7-10H2,1H3,(H,22,23)/t12-/m1/s1. The maximum absolute atomic E-state index is 12.3. The highest BCUT2D eigenvalue weighted by molar-refractivity contribution is 7.99. The average molecular weight is 391 g/mol. The summed E-state index contributed by atoms with van der Waals surface area (Å²) in [6.45, 7) is 2.24. The van der Waals surface area contributed by atoms with E-state index in [1.807, 2.05) is 24.3 Å². The zero-order valence-electron chi connectivity index (χ0n) is 14.0. The molecule has 0 spiro atoms. The summed E-state index contributed by atoms with van der Waals surface area (Å²) in [6.07, 6.45) is 3.48. The predicted molar refractivity (Wildman–Crippen MR) is 106 cm³/mol. The van der Waals surface area contributed by atoms with Gasteiger partial charge in [-0.1, -0.05) is 18.5 Å². The second-order valence-corrected chi connectivity index (χ2v) is 8.98. The minimum absolute atomic E-state index is 0.0374. The van der Waals surface area contributed by atoms with Gasteiger partial charge in [-0.05, 0) is 55.0 Å². The number of carbonyl (C=O) groups is 1. The molecule has 1 N–H and O–H groups in total. The highest BCUT2D eigenvalue weighted by Crippen LogP contribution is 2.39. The quantitative estimate of drug-likeness (QED) is 0.684. The fourth-order valence-corrected chi connectivity index (χ4v) is 5.29. The Bertz CT molecular complexity index is 808. The molecule has 1 aromatic heterocycles. The van der Waals surface area contributed by atoms with Crippen molar-refractivity contribution in [1.29, 1.82) is 5.26 Å². The van der Waals surface area contributed by atoms with E-state index in [0.717, 1.165) is 34.7 Å². The molecule has 6 heteroatoms. The lowest BCUT2D eigenvalue weighted by Crippen LogP contribution is -2.12. The number of nitrogens with one attached hydrogen (secondary N) is 1. The highest BCUT2D eigenvalue weighted by Gasteiger charge is 2.24. The van der Waals surface area contributed by atoms with Crippen LogP contribution in [-0.4, -0.2) is 11.7 Å². The van der Waals surface area contributed by atoms with Crippen LogP contribution in [-0.2, 0) is 17.6 Å². The second kappa shape index (κ2) is 8.27. The number of carbonyl (C=O) groups excluding carboxylic acids is 1. The number of halogens is 1. The normalized spacial score (nSPS) is 16.1. The lowest BCUT2D eigenvalue weighted by atomic mass is 9.89. The third kappa shape index (κ3) is 4.58. The summed E-state index contributed by atoms with van der Waals surface area (Å²) >= 11 is 9.07. The molecular weight excluding hydrogens is 372 g/mol. The molecule has 1 aliphatic rings. The Morgan fingerprint density at radius 2 is 2.20 bits per heavy atom. The first kappa shape index (κ1) is 18.3. The third-order valence-electron chi connectivity index (χ3n) is 4.29.